The average molecular weight is 279 g/mol. The molecule has 0 amide bonds. The van der Waals surface area contributed by atoms with Crippen LogP contribution in [0.5, 0.6) is 5.75 Å². The Balaban J connectivity index is 2.52. The zero-order chi connectivity index (χ0) is 15.3. The van der Waals surface area contributed by atoms with Crippen molar-refractivity contribution in [3.63, 3.8) is 0 Å². The molecule has 0 aliphatic rings. The molecular formula is C16H25NO3. The molecule has 0 aromatic heterocycles. The fourth-order valence-electron chi connectivity index (χ4n) is 2.11. The zero-order valence-electron chi connectivity index (χ0n) is 13.1. The summed E-state index contributed by atoms with van der Waals surface area (Å²) in [5.74, 6) is 0.513. The number of carbonyl (C=O) groups is 1. The van der Waals surface area contributed by atoms with E-state index in [4.69, 9.17) is 10.5 Å². The summed E-state index contributed by atoms with van der Waals surface area (Å²) in [6.45, 7) is 8.39. The molecule has 1 rings (SSSR count). The molecule has 0 saturated carbocycles. The van der Waals surface area contributed by atoms with Crippen molar-refractivity contribution in [3.05, 3.63) is 28.8 Å². The third-order valence-electron chi connectivity index (χ3n) is 3.51. The van der Waals surface area contributed by atoms with Gasteiger partial charge in [0, 0.05) is 0 Å². The second kappa shape index (κ2) is 6.75. The highest BCUT2D eigenvalue weighted by atomic mass is 16.5. The van der Waals surface area contributed by atoms with Gasteiger partial charge in [-0.05, 0) is 63.3 Å². The Bertz CT molecular complexity index is 481. The van der Waals surface area contributed by atoms with Gasteiger partial charge < -0.3 is 15.2 Å². The summed E-state index contributed by atoms with van der Waals surface area (Å²) < 4.78 is 10.5. The maximum Gasteiger partial charge on any atom is 0.325 e. The highest BCUT2D eigenvalue weighted by Gasteiger charge is 2.28. The number of methoxy groups -OCH3 is 1. The van der Waals surface area contributed by atoms with Crippen LogP contribution in [0.3, 0.4) is 0 Å². The Labute approximate surface area is 121 Å². The summed E-state index contributed by atoms with van der Waals surface area (Å²) in [6, 6.07) is 4.17. The van der Waals surface area contributed by atoms with E-state index in [2.05, 4.69) is 17.7 Å². The van der Waals surface area contributed by atoms with Crippen LogP contribution in [-0.4, -0.2) is 25.2 Å². The number of benzene rings is 1. The summed E-state index contributed by atoms with van der Waals surface area (Å²) >= 11 is 0. The van der Waals surface area contributed by atoms with Gasteiger partial charge in [-0.2, -0.15) is 0 Å². The van der Waals surface area contributed by atoms with Crippen molar-refractivity contribution < 1.29 is 14.3 Å². The molecule has 0 aliphatic carbocycles. The number of hydrogen-bond donors (Lipinski definition) is 1. The summed E-state index contributed by atoms with van der Waals surface area (Å²) in [7, 11) is 1.35. The number of aryl methyl sites for hydroxylation is 2. The van der Waals surface area contributed by atoms with E-state index in [9.17, 15) is 4.79 Å². The molecule has 1 unspecified atom stereocenters. The van der Waals surface area contributed by atoms with Crippen LogP contribution in [0.15, 0.2) is 12.1 Å². The summed E-state index contributed by atoms with van der Waals surface area (Å²) in [5.41, 5.74) is 8.50. The van der Waals surface area contributed by atoms with Gasteiger partial charge in [-0.25, -0.2) is 0 Å². The standard InChI is InChI=1S/C16H25NO3/c1-11-9-12(2)13(3)14(10-11)20-8-6-7-16(4,17)15(18)19-5/h9-10H,6-8,17H2,1-5H3. The van der Waals surface area contributed by atoms with Crippen LogP contribution in [0.2, 0.25) is 0 Å². The SMILES string of the molecule is COC(=O)C(C)(N)CCCOc1cc(C)cc(C)c1C. The molecule has 0 saturated heterocycles. The number of rotatable bonds is 6. The highest BCUT2D eigenvalue weighted by molar-refractivity contribution is 5.79. The van der Waals surface area contributed by atoms with Crippen LogP contribution >= 0.6 is 0 Å². The smallest absolute Gasteiger partial charge is 0.325 e. The molecule has 0 heterocycles. The predicted molar refractivity (Wildman–Crippen MR) is 80.0 cm³/mol. The Morgan fingerprint density at radius 2 is 1.95 bits per heavy atom. The summed E-state index contributed by atoms with van der Waals surface area (Å²) in [6.07, 6.45) is 1.23. The van der Waals surface area contributed by atoms with Crippen LogP contribution in [0, 0.1) is 20.8 Å². The van der Waals surface area contributed by atoms with E-state index in [1.807, 2.05) is 19.9 Å². The summed E-state index contributed by atoms with van der Waals surface area (Å²) in [4.78, 5) is 11.5. The molecule has 4 heteroatoms. The number of nitrogens with two attached hydrogens (primary N) is 1. The van der Waals surface area contributed by atoms with Gasteiger partial charge in [0.15, 0.2) is 0 Å². The van der Waals surface area contributed by atoms with Gasteiger partial charge in [0.2, 0.25) is 0 Å². The lowest BCUT2D eigenvalue weighted by Gasteiger charge is -2.21. The Morgan fingerprint density at radius 1 is 1.30 bits per heavy atom. The van der Waals surface area contributed by atoms with E-state index >= 15 is 0 Å². The largest absolute Gasteiger partial charge is 0.493 e. The van der Waals surface area contributed by atoms with Gasteiger partial charge >= 0.3 is 5.97 Å². The van der Waals surface area contributed by atoms with Crippen molar-refractivity contribution in [1.29, 1.82) is 0 Å². The Hall–Kier alpha value is -1.55. The molecule has 0 radical (unpaired) electrons. The van der Waals surface area contributed by atoms with Crippen molar-refractivity contribution in [3.8, 4) is 5.75 Å². The van der Waals surface area contributed by atoms with Crippen molar-refractivity contribution in [2.45, 2.75) is 46.1 Å². The van der Waals surface area contributed by atoms with E-state index in [0.29, 0.717) is 19.4 Å². The molecule has 1 aromatic rings. The van der Waals surface area contributed by atoms with E-state index in [1.54, 1.807) is 6.92 Å². The van der Waals surface area contributed by atoms with Crippen molar-refractivity contribution in [2.24, 2.45) is 5.73 Å². The number of hydrogen-bond acceptors (Lipinski definition) is 4. The first-order chi connectivity index (χ1) is 9.27. The number of ether oxygens (including phenoxy) is 2. The van der Waals surface area contributed by atoms with E-state index in [-0.39, 0.29) is 5.97 Å². The minimum atomic E-state index is -0.949. The fourth-order valence-corrected chi connectivity index (χ4v) is 2.11. The number of carbonyl (C=O) groups excluding carboxylic acids is 1. The lowest BCUT2D eigenvalue weighted by atomic mass is 9.98. The molecule has 0 spiro atoms. The molecule has 4 nitrogen and oxygen atoms in total. The minimum Gasteiger partial charge on any atom is -0.493 e. The van der Waals surface area contributed by atoms with E-state index in [0.717, 1.165) is 11.3 Å². The van der Waals surface area contributed by atoms with Gasteiger partial charge in [0.05, 0.1) is 13.7 Å². The van der Waals surface area contributed by atoms with Crippen LogP contribution in [0.4, 0.5) is 0 Å². The third kappa shape index (κ3) is 4.23. The normalized spacial score (nSPS) is 13.7. The second-order valence-corrected chi connectivity index (χ2v) is 5.57. The van der Waals surface area contributed by atoms with Crippen LogP contribution in [0.1, 0.15) is 36.5 Å². The maximum atomic E-state index is 11.5. The molecule has 20 heavy (non-hydrogen) atoms. The third-order valence-corrected chi connectivity index (χ3v) is 3.51. The molecule has 2 N–H and O–H groups in total. The minimum absolute atomic E-state index is 0.389. The van der Waals surface area contributed by atoms with Crippen molar-refractivity contribution in [2.75, 3.05) is 13.7 Å². The lowest BCUT2D eigenvalue weighted by Crippen LogP contribution is -2.45. The van der Waals surface area contributed by atoms with Gasteiger partial charge in [0.1, 0.15) is 11.3 Å². The zero-order valence-corrected chi connectivity index (χ0v) is 13.1. The average Bonchev–Trinajstić information content (AvgIpc) is 2.38. The predicted octanol–water partition coefficient (Wildman–Crippen LogP) is 2.66. The van der Waals surface area contributed by atoms with Crippen LogP contribution < -0.4 is 10.5 Å². The van der Waals surface area contributed by atoms with Crippen LogP contribution in [0.25, 0.3) is 0 Å². The highest BCUT2D eigenvalue weighted by Crippen LogP contribution is 2.23. The molecular weight excluding hydrogens is 254 g/mol. The first-order valence-electron chi connectivity index (χ1n) is 6.86. The Kier molecular flexibility index (Phi) is 5.57. The quantitative estimate of drug-likeness (QED) is 0.642. The molecule has 1 aromatic carbocycles. The summed E-state index contributed by atoms with van der Waals surface area (Å²) in [5, 5.41) is 0. The molecule has 0 fully saturated rings. The molecule has 0 aliphatic heterocycles. The van der Waals surface area contributed by atoms with Gasteiger partial charge in [-0.3, -0.25) is 4.79 Å². The van der Waals surface area contributed by atoms with Crippen molar-refractivity contribution in [1.82, 2.24) is 0 Å². The maximum absolute atomic E-state index is 11.5. The monoisotopic (exact) mass is 279 g/mol. The van der Waals surface area contributed by atoms with Gasteiger partial charge in [-0.1, -0.05) is 6.07 Å². The van der Waals surface area contributed by atoms with E-state index in [1.165, 1.54) is 18.2 Å². The second-order valence-electron chi connectivity index (χ2n) is 5.57. The molecule has 112 valence electrons. The van der Waals surface area contributed by atoms with Gasteiger partial charge in [0.25, 0.3) is 0 Å². The molecule has 1 atom stereocenters. The van der Waals surface area contributed by atoms with Crippen molar-refractivity contribution >= 4 is 5.97 Å². The Morgan fingerprint density at radius 3 is 2.55 bits per heavy atom. The van der Waals surface area contributed by atoms with Crippen LogP contribution in [-0.2, 0) is 9.53 Å². The van der Waals surface area contributed by atoms with E-state index < -0.39 is 5.54 Å². The fraction of sp³-hybridized carbons (Fsp3) is 0.562. The first kappa shape index (κ1) is 16.5. The lowest BCUT2D eigenvalue weighted by molar-refractivity contribution is -0.146. The molecule has 0 bridgehead atoms. The topological polar surface area (TPSA) is 61.5 Å². The van der Waals surface area contributed by atoms with Gasteiger partial charge in [-0.15, -0.1) is 0 Å². The number of esters is 1. The first-order valence-corrected chi connectivity index (χ1v) is 6.86.